The number of rotatable bonds is 1. The van der Waals surface area contributed by atoms with Crippen LogP contribution in [0.1, 0.15) is 13.8 Å². The summed E-state index contributed by atoms with van der Waals surface area (Å²) in [5.41, 5.74) is 0.286. The van der Waals surface area contributed by atoms with Gasteiger partial charge in [-0.2, -0.15) is 0 Å². The summed E-state index contributed by atoms with van der Waals surface area (Å²) in [7, 11) is 0. The van der Waals surface area contributed by atoms with Crippen molar-refractivity contribution in [3.8, 4) is 5.75 Å². The fourth-order valence-electron chi connectivity index (χ4n) is 1.88. The molecule has 1 N–H and O–H groups in total. The minimum absolute atomic E-state index is 0.00491. The molecule has 96 valence electrons. The molecule has 2 rings (SSSR count). The molecule has 1 aliphatic heterocycles. The summed E-state index contributed by atoms with van der Waals surface area (Å²) >= 11 is 11.6. The van der Waals surface area contributed by atoms with E-state index in [2.05, 4.69) is 0 Å². The Kier molecular flexibility index (Phi) is 3.25. The SMILES string of the molecule is CC1C(=O)N(c2cc(Cl)c(O)c(Cl)c2)C(=O)C1C. The number of carbonyl (C=O) groups is 2. The maximum absolute atomic E-state index is 12.0. The monoisotopic (exact) mass is 287 g/mol. The van der Waals surface area contributed by atoms with Gasteiger partial charge in [0.15, 0.2) is 5.75 Å². The van der Waals surface area contributed by atoms with E-state index in [0.29, 0.717) is 0 Å². The second kappa shape index (κ2) is 4.44. The number of hydrogen-bond acceptors (Lipinski definition) is 3. The largest absolute Gasteiger partial charge is 0.505 e. The molecule has 0 bridgehead atoms. The molecule has 2 amide bonds. The first-order chi connectivity index (χ1) is 8.34. The normalized spacial score (nSPS) is 23.9. The van der Waals surface area contributed by atoms with E-state index in [-0.39, 0.29) is 45.1 Å². The second-order valence-electron chi connectivity index (χ2n) is 4.35. The molecular weight excluding hydrogens is 277 g/mol. The highest BCUT2D eigenvalue weighted by Crippen LogP contribution is 2.38. The number of aromatic hydroxyl groups is 1. The van der Waals surface area contributed by atoms with E-state index in [0.717, 1.165) is 4.90 Å². The fraction of sp³-hybridized carbons (Fsp3) is 0.333. The third kappa shape index (κ3) is 1.85. The highest BCUT2D eigenvalue weighted by molar-refractivity contribution is 6.38. The van der Waals surface area contributed by atoms with Gasteiger partial charge in [0.1, 0.15) is 0 Å². The van der Waals surface area contributed by atoms with Crippen LogP contribution in [0.4, 0.5) is 5.69 Å². The molecular formula is C12H11Cl2NO3. The van der Waals surface area contributed by atoms with Gasteiger partial charge in [0.25, 0.3) is 0 Å². The Morgan fingerprint density at radius 1 is 1.06 bits per heavy atom. The Labute approximate surface area is 114 Å². The minimum atomic E-state index is -0.371. The van der Waals surface area contributed by atoms with Gasteiger partial charge in [-0.15, -0.1) is 0 Å². The molecule has 1 heterocycles. The number of phenolic OH excluding ortho intramolecular Hbond substituents is 1. The molecule has 6 heteroatoms. The van der Waals surface area contributed by atoms with Crippen LogP contribution in [0.15, 0.2) is 12.1 Å². The Morgan fingerprint density at radius 2 is 1.44 bits per heavy atom. The van der Waals surface area contributed by atoms with Crippen molar-refractivity contribution in [2.24, 2.45) is 11.8 Å². The van der Waals surface area contributed by atoms with Gasteiger partial charge < -0.3 is 5.11 Å². The van der Waals surface area contributed by atoms with E-state index in [4.69, 9.17) is 23.2 Å². The molecule has 0 radical (unpaired) electrons. The summed E-state index contributed by atoms with van der Waals surface area (Å²) in [6, 6.07) is 2.70. The van der Waals surface area contributed by atoms with Gasteiger partial charge in [0, 0.05) is 11.8 Å². The van der Waals surface area contributed by atoms with Gasteiger partial charge in [0.05, 0.1) is 15.7 Å². The topological polar surface area (TPSA) is 57.6 Å². The molecule has 18 heavy (non-hydrogen) atoms. The molecule has 1 aliphatic rings. The van der Waals surface area contributed by atoms with Crippen molar-refractivity contribution in [3.05, 3.63) is 22.2 Å². The molecule has 1 saturated heterocycles. The van der Waals surface area contributed by atoms with Crippen molar-refractivity contribution < 1.29 is 14.7 Å². The molecule has 0 spiro atoms. The lowest BCUT2D eigenvalue weighted by molar-refractivity contribution is -0.122. The van der Waals surface area contributed by atoms with Gasteiger partial charge in [-0.25, -0.2) is 4.90 Å². The molecule has 1 aromatic rings. The van der Waals surface area contributed by atoms with Crippen LogP contribution in [0.3, 0.4) is 0 Å². The summed E-state index contributed by atoms with van der Waals surface area (Å²) in [5, 5.41) is 9.47. The standard InChI is InChI=1S/C12H11Cl2NO3/c1-5-6(2)12(18)15(11(5)17)7-3-8(13)10(16)9(14)4-7/h3-6,16H,1-2H3. The summed E-state index contributed by atoms with van der Waals surface area (Å²) < 4.78 is 0. The quantitative estimate of drug-likeness (QED) is 0.808. The highest BCUT2D eigenvalue weighted by Gasteiger charge is 2.43. The molecule has 4 nitrogen and oxygen atoms in total. The Morgan fingerprint density at radius 3 is 1.83 bits per heavy atom. The average molecular weight is 288 g/mol. The number of imide groups is 1. The van der Waals surface area contributed by atoms with Gasteiger partial charge in [-0.05, 0) is 12.1 Å². The van der Waals surface area contributed by atoms with Crippen molar-refractivity contribution in [2.45, 2.75) is 13.8 Å². The number of phenols is 1. The van der Waals surface area contributed by atoms with Gasteiger partial charge in [-0.3, -0.25) is 9.59 Å². The van der Waals surface area contributed by atoms with Gasteiger partial charge in [0.2, 0.25) is 11.8 Å². The molecule has 0 saturated carbocycles. The first-order valence-electron chi connectivity index (χ1n) is 5.40. The number of anilines is 1. The van der Waals surface area contributed by atoms with Crippen LogP contribution >= 0.6 is 23.2 Å². The zero-order valence-electron chi connectivity index (χ0n) is 9.78. The Bertz CT molecular complexity index is 501. The van der Waals surface area contributed by atoms with Crippen LogP contribution < -0.4 is 4.90 Å². The van der Waals surface area contributed by atoms with Crippen molar-refractivity contribution in [1.82, 2.24) is 0 Å². The van der Waals surface area contributed by atoms with E-state index in [1.165, 1.54) is 12.1 Å². The maximum atomic E-state index is 12.0. The molecule has 0 aliphatic carbocycles. The highest BCUT2D eigenvalue weighted by atomic mass is 35.5. The number of nitrogens with zero attached hydrogens (tertiary/aromatic N) is 1. The summed E-state index contributed by atoms with van der Waals surface area (Å²) in [6.07, 6.45) is 0. The Balaban J connectivity index is 2.50. The summed E-state index contributed by atoms with van der Waals surface area (Å²) in [6.45, 7) is 3.41. The number of amides is 2. The molecule has 0 aromatic heterocycles. The fourth-order valence-corrected chi connectivity index (χ4v) is 2.35. The van der Waals surface area contributed by atoms with Crippen LogP contribution in [0, 0.1) is 11.8 Å². The third-order valence-corrected chi connectivity index (χ3v) is 3.81. The van der Waals surface area contributed by atoms with Crippen molar-refractivity contribution in [3.63, 3.8) is 0 Å². The number of carbonyl (C=O) groups excluding carboxylic acids is 2. The maximum Gasteiger partial charge on any atom is 0.237 e. The molecule has 2 unspecified atom stereocenters. The van der Waals surface area contributed by atoms with Crippen molar-refractivity contribution in [2.75, 3.05) is 4.90 Å². The predicted molar refractivity (Wildman–Crippen MR) is 68.9 cm³/mol. The van der Waals surface area contributed by atoms with Gasteiger partial charge >= 0.3 is 0 Å². The summed E-state index contributed by atoms with van der Waals surface area (Å²) in [5.74, 6) is -1.58. The van der Waals surface area contributed by atoms with E-state index in [1.807, 2.05) is 0 Å². The molecule has 2 atom stereocenters. The van der Waals surface area contributed by atoms with Crippen LogP contribution in [0.2, 0.25) is 10.0 Å². The van der Waals surface area contributed by atoms with E-state index in [1.54, 1.807) is 13.8 Å². The van der Waals surface area contributed by atoms with Crippen LogP contribution in [0.25, 0.3) is 0 Å². The minimum Gasteiger partial charge on any atom is -0.505 e. The predicted octanol–water partition coefficient (Wildman–Crippen LogP) is 2.84. The van der Waals surface area contributed by atoms with Crippen molar-refractivity contribution >= 4 is 40.7 Å². The van der Waals surface area contributed by atoms with Crippen LogP contribution in [-0.2, 0) is 9.59 Å². The van der Waals surface area contributed by atoms with Crippen LogP contribution in [0.5, 0.6) is 5.75 Å². The Hall–Kier alpha value is -1.26. The van der Waals surface area contributed by atoms with Crippen molar-refractivity contribution in [1.29, 1.82) is 0 Å². The zero-order chi connectivity index (χ0) is 13.6. The third-order valence-electron chi connectivity index (χ3n) is 3.23. The van der Waals surface area contributed by atoms with E-state index in [9.17, 15) is 14.7 Å². The molecule has 1 aromatic carbocycles. The first kappa shape index (κ1) is 13.2. The lowest BCUT2D eigenvalue weighted by Crippen LogP contribution is -2.30. The smallest absolute Gasteiger partial charge is 0.237 e. The average Bonchev–Trinajstić information content (AvgIpc) is 2.50. The number of benzene rings is 1. The molecule has 1 fully saturated rings. The van der Waals surface area contributed by atoms with E-state index >= 15 is 0 Å². The van der Waals surface area contributed by atoms with Gasteiger partial charge in [-0.1, -0.05) is 37.0 Å². The number of halogens is 2. The first-order valence-corrected chi connectivity index (χ1v) is 6.16. The lowest BCUT2D eigenvalue weighted by atomic mass is 10.00. The lowest BCUT2D eigenvalue weighted by Gasteiger charge is -2.15. The second-order valence-corrected chi connectivity index (χ2v) is 5.16. The number of hydrogen-bond donors (Lipinski definition) is 1. The summed E-state index contributed by atoms with van der Waals surface area (Å²) in [4.78, 5) is 25.0. The van der Waals surface area contributed by atoms with Crippen LogP contribution in [-0.4, -0.2) is 16.9 Å². The zero-order valence-corrected chi connectivity index (χ0v) is 11.3. The van der Waals surface area contributed by atoms with E-state index < -0.39 is 0 Å².